The highest BCUT2D eigenvalue weighted by molar-refractivity contribution is 9.10. The van der Waals surface area contributed by atoms with E-state index in [4.69, 9.17) is 0 Å². The van der Waals surface area contributed by atoms with Crippen LogP contribution in [0.25, 0.3) is 10.9 Å². The third-order valence-corrected chi connectivity index (χ3v) is 4.74. The Balaban J connectivity index is 2.12. The van der Waals surface area contributed by atoms with Crippen LogP contribution >= 0.6 is 15.9 Å². The molecular weight excluding hydrogens is 276 g/mol. The summed E-state index contributed by atoms with van der Waals surface area (Å²) in [7, 11) is 2.22. The van der Waals surface area contributed by atoms with Crippen molar-refractivity contribution in [3.8, 4) is 0 Å². The van der Waals surface area contributed by atoms with Gasteiger partial charge in [-0.3, -0.25) is 0 Å². The SMILES string of the molecule is CCN(C)C1Cc2c[nH]c3ccc(Br)c(c23)C1. The van der Waals surface area contributed by atoms with E-state index in [0.717, 1.165) is 19.4 Å². The van der Waals surface area contributed by atoms with E-state index in [0.29, 0.717) is 6.04 Å². The molecule has 2 nitrogen and oxygen atoms in total. The second-order valence-electron chi connectivity index (χ2n) is 4.90. The summed E-state index contributed by atoms with van der Waals surface area (Å²) in [5.74, 6) is 0. The standard InChI is InChI=1S/C14H17BrN2/c1-3-17(2)10-6-9-8-16-13-5-4-12(15)11(7-10)14(9)13/h4-5,8,10,16H,3,6-7H2,1-2H3. The minimum atomic E-state index is 0.630. The van der Waals surface area contributed by atoms with Gasteiger partial charge in [0.25, 0.3) is 0 Å². The molecule has 2 aromatic rings. The summed E-state index contributed by atoms with van der Waals surface area (Å²) in [6.07, 6.45) is 4.48. The largest absolute Gasteiger partial charge is 0.361 e. The molecule has 90 valence electrons. The lowest BCUT2D eigenvalue weighted by Gasteiger charge is -2.31. The molecule has 1 aromatic carbocycles. The first-order chi connectivity index (χ1) is 8.20. The van der Waals surface area contributed by atoms with Crippen molar-refractivity contribution >= 4 is 26.8 Å². The molecule has 1 N–H and O–H groups in total. The van der Waals surface area contributed by atoms with Gasteiger partial charge < -0.3 is 9.88 Å². The molecule has 1 aliphatic carbocycles. The van der Waals surface area contributed by atoms with E-state index in [1.807, 2.05) is 0 Å². The first-order valence-corrected chi connectivity index (χ1v) is 6.97. The smallest absolute Gasteiger partial charge is 0.0460 e. The van der Waals surface area contributed by atoms with Gasteiger partial charge in [-0.15, -0.1) is 0 Å². The van der Waals surface area contributed by atoms with Gasteiger partial charge in [0.15, 0.2) is 0 Å². The maximum absolute atomic E-state index is 3.70. The molecule has 1 aliphatic rings. The van der Waals surface area contributed by atoms with E-state index in [-0.39, 0.29) is 0 Å². The zero-order valence-electron chi connectivity index (χ0n) is 10.3. The van der Waals surface area contributed by atoms with Crippen LogP contribution in [0.2, 0.25) is 0 Å². The number of aromatic nitrogens is 1. The van der Waals surface area contributed by atoms with Crippen molar-refractivity contribution in [1.82, 2.24) is 9.88 Å². The third kappa shape index (κ3) is 1.72. The molecule has 0 fully saturated rings. The number of likely N-dealkylation sites (N-methyl/N-ethyl adjacent to an activating group) is 1. The Labute approximate surface area is 110 Å². The van der Waals surface area contributed by atoms with Crippen LogP contribution in [-0.4, -0.2) is 29.5 Å². The average Bonchev–Trinajstić information content (AvgIpc) is 2.77. The van der Waals surface area contributed by atoms with Crippen molar-refractivity contribution in [1.29, 1.82) is 0 Å². The lowest BCUT2D eigenvalue weighted by Crippen LogP contribution is -2.36. The summed E-state index contributed by atoms with van der Waals surface area (Å²) < 4.78 is 1.25. The van der Waals surface area contributed by atoms with E-state index in [9.17, 15) is 0 Å². The van der Waals surface area contributed by atoms with E-state index in [2.05, 4.69) is 58.1 Å². The van der Waals surface area contributed by atoms with Gasteiger partial charge in [-0.2, -0.15) is 0 Å². The number of halogens is 1. The Morgan fingerprint density at radius 2 is 2.24 bits per heavy atom. The van der Waals surface area contributed by atoms with Crippen molar-refractivity contribution in [3.05, 3.63) is 33.9 Å². The molecule has 1 unspecified atom stereocenters. The lowest BCUT2D eigenvalue weighted by atomic mass is 9.88. The fraction of sp³-hybridized carbons (Fsp3) is 0.429. The molecule has 3 heteroatoms. The monoisotopic (exact) mass is 292 g/mol. The van der Waals surface area contributed by atoms with E-state index in [1.54, 1.807) is 0 Å². The molecular formula is C14H17BrN2. The fourth-order valence-electron chi connectivity index (χ4n) is 2.84. The number of aromatic amines is 1. The fourth-order valence-corrected chi connectivity index (χ4v) is 3.33. The maximum Gasteiger partial charge on any atom is 0.0460 e. The summed E-state index contributed by atoms with van der Waals surface area (Å²) >= 11 is 3.70. The highest BCUT2D eigenvalue weighted by Crippen LogP contribution is 2.35. The summed E-state index contributed by atoms with van der Waals surface area (Å²) in [6, 6.07) is 4.95. The molecule has 1 aromatic heterocycles. The molecule has 3 rings (SSSR count). The number of nitrogens with zero attached hydrogens (tertiary/aromatic N) is 1. The summed E-state index contributed by atoms with van der Waals surface area (Å²) in [6.45, 7) is 3.33. The van der Waals surface area contributed by atoms with Crippen molar-refractivity contribution in [2.75, 3.05) is 13.6 Å². The minimum Gasteiger partial charge on any atom is -0.361 e. The normalized spacial score (nSPS) is 19.2. The van der Waals surface area contributed by atoms with Crippen LogP contribution in [0.5, 0.6) is 0 Å². The number of nitrogens with one attached hydrogen (secondary N) is 1. The number of hydrogen-bond donors (Lipinski definition) is 1. The first-order valence-electron chi connectivity index (χ1n) is 6.18. The van der Waals surface area contributed by atoms with E-state index in [1.165, 1.54) is 26.5 Å². The molecule has 1 heterocycles. The molecule has 0 saturated carbocycles. The zero-order chi connectivity index (χ0) is 12.0. The molecule has 0 spiro atoms. The van der Waals surface area contributed by atoms with Gasteiger partial charge in [0.1, 0.15) is 0 Å². The van der Waals surface area contributed by atoms with Gasteiger partial charge in [0.2, 0.25) is 0 Å². The predicted octanol–water partition coefficient (Wildman–Crippen LogP) is 3.35. The highest BCUT2D eigenvalue weighted by Gasteiger charge is 2.25. The Morgan fingerprint density at radius 1 is 1.41 bits per heavy atom. The van der Waals surface area contributed by atoms with Crippen molar-refractivity contribution in [2.45, 2.75) is 25.8 Å². The molecule has 1 atom stereocenters. The van der Waals surface area contributed by atoms with E-state index < -0.39 is 0 Å². The van der Waals surface area contributed by atoms with Gasteiger partial charge in [-0.25, -0.2) is 0 Å². The van der Waals surface area contributed by atoms with Gasteiger partial charge in [-0.1, -0.05) is 22.9 Å². The zero-order valence-corrected chi connectivity index (χ0v) is 11.8. The Hall–Kier alpha value is -0.800. The Bertz CT molecular complexity index is 559. The van der Waals surface area contributed by atoms with Crippen molar-refractivity contribution in [2.24, 2.45) is 0 Å². The quantitative estimate of drug-likeness (QED) is 0.899. The van der Waals surface area contributed by atoms with Crippen LogP contribution < -0.4 is 0 Å². The number of H-pyrrole nitrogens is 1. The van der Waals surface area contributed by atoms with Gasteiger partial charge in [0.05, 0.1) is 0 Å². The first kappa shape index (κ1) is 11.3. The van der Waals surface area contributed by atoms with Crippen LogP contribution in [0.1, 0.15) is 18.1 Å². The van der Waals surface area contributed by atoms with Crippen molar-refractivity contribution < 1.29 is 0 Å². The summed E-state index contributed by atoms with van der Waals surface area (Å²) in [5, 5.41) is 1.44. The summed E-state index contributed by atoms with van der Waals surface area (Å²) in [4.78, 5) is 5.83. The topological polar surface area (TPSA) is 19.0 Å². The molecule has 17 heavy (non-hydrogen) atoms. The van der Waals surface area contributed by atoms with Crippen molar-refractivity contribution in [3.63, 3.8) is 0 Å². The number of rotatable bonds is 2. The second-order valence-corrected chi connectivity index (χ2v) is 5.75. The van der Waals surface area contributed by atoms with Crippen LogP contribution in [0.15, 0.2) is 22.8 Å². The van der Waals surface area contributed by atoms with Crippen LogP contribution in [0.4, 0.5) is 0 Å². The van der Waals surface area contributed by atoms with Crippen LogP contribution in [-0.2, 0) is 12.8 Å². The molecule has 0 radical (unpaired) electrons. The molecule has 0 bridgehead atoms. The van der Waals surface area contributed by atoms with Gasteiger partial charge in [-0.05, 0) is 49.7 Å². The average molecular weight is 293 g/mol. The lowest BCUT2D eigenvalue weighted by molar-refractivity contribution is 0.248. The van der Waals surface area contributed by atoms with Crippen LogP contribution in [0.3, 0.4) is 0 Å². The third-order valence-electron chi connectivity index (χ3n) is 4.00. The predicted molar refractivity (Wildman–Crippen MR) is 75.5 cm³/mol. The number of benzene rings is 1. The van der Waals surface area contributed by atoms with Crippen LogP contribution in [0, 0.1) is 0 Å². The van der Waals surface area contributed by atoms with Gasteiger partial charge >= 0.3 is 0 Å². The Kier molecular flexibility index (Phi) is 2.75. The molecule has 0 aliphatic heterocycles. The molecule has 0 amide bonds. The summed E-state index contributed by atoms with van der Waals surface area (Å²) in [5.41, 5.74) is 4.21. The molecule has 0 saturated heterocycles. The highest BCUT2D eigenvalue weighted by atomic mass is 79.9. The maximum atomic E-state index is 3.70. The number of hydrogen-bond acceptors (Lipinski definition) is 1. The second kappa shape index (κ2) is 4.14. The minimum absolute atomic E-state index is 0.630. The van der Waals surface area contributed by atoms with E-state index >= 15 is 0 Å². The van der Waals surface area contributed by atoms with Gasteiger partial charge in [0, 0.05) is 27.6 Å². The Morgan fingerprint density at radius 3 is 3.00 bits per heavy atom.